The number of benzene rings is 3. The van der Waals surface area contributed by atoms with Crippen LogP contribution in [-0.4, -0.2) is 30.6 Å². The molecule has 2 atom stereocenters. The second-order valence-corrected chi connectivity index (χ2v) is 11.6. The quantitative estimate of drug-likeness (QED) is 0.355. The number of carbonyl (C=O) groups is 1. The van der Waals surface area contributed by atoms with Crippen LogP contribution >= 0.6 is 34.8 Å². The second-order valence-electron chi connectivity index (χ2n) is 10.4. The number of para-hydroxylation sites is 1. The maximum atomic E-state index is 13.3. The van der Waals surface area contributed by atoms with E-state index in [4.69, 9.17) is 34.8 Å². The molecule has 1 aliphatic carbocycles. The van der Waals surface area contributed by atoms with Crippen molar-refractivity contribution >= 4 is 52.2 Å². The van der Waals surface area contributed by atoms with Crippen molar-refractivity contribution < 1.29 is 4.79 Å². The van der Waals surface area contributed by atoms with Gasteiger partial charge < -0.3 is 10.2 Å². The van der Waals surface area contributed by atoms with Gasteiger partial charge in [-0.1, -0.05) is 72.1 Å². The molecule has 7 heteroatoms. The maximum absolute atomic E-state index is 13.3. The van der Waals surface area contributed by atoms with E-state index in [1.807, 2.05) is 24.3 Å². The molecule has 2 unspecified atom stereocenters. The lowest BCUT2D eigenvalue weighted by Crippen LogP contribution is -2.41. The van der Waals surface area contributed by atoms with E-state index in [1.165, 1.54) is 24.9 Å². The van der Waals surface area contributed by atoms with E-state index in [9.17, 15) is 4.79 Å². The fourth-order valence-electron chi connectivity index (χ4n) is 5.79. The molecule has 2 heterocycles. The first kappa shape index (κ1) is 24.1. The first-order valence-electron chi connectivity index (χ1n) is 12.6. The number of nitrogens with zero attached hydrogens (tertiary/aromatic N) is 2. The number of anilines is 2. The molecule has 0 spiro atoms. The van der Waals surface area contributed by atoms with Gasteiger partial charge in [0.1, 0.15) is 0 Å². The zero-order valence-corrected chi connectivity index (χ0v) is 22.4. The lowest BCUT2D eigenvalue weighted by Gasteiger charge is -2.34. The number of carbonyl (C=O) groups excluding carboxylic acids is 1. The fourth-order valence-corrected chi connectivity index (χ4v) is 6.59. The number of amides is 2. The lowest BCUT2D eigenvalue weighted by atomic mass is 9.85. The van der Waals surface area contributed by atoms with Crippen LogP contribution in [0, 0.1) is 11.8 Å². The van der Waals surface area contributed by atoms with Crippen LogP contribution in [0.25, 0.3) is 11.1 Å². The van der Waals surface area contributed by atoms with Crippen LogP contribution in [-0.2, 0) is 6.54 Å². The molecule has 1 saturated carbocycles. The Balaban J connectivity index is 1.53. The summed E-state index contributed by atoms with van der Waals surface area (Å²) in [5.74, 6) is 1.74. The third-order valence-corrected chi connectivity index (χ3v) is 8.70. The largest absolute Gasteiger partial charge is 0.333 e. The molecule has 0 aromatic heterocycles. The Morgan fingerprint density at radius 2 is 1.64 bits per heavy atom. The molecule has 0 bridgehead atoms. The number of hydrogen-bond donors (Lipinski definition) is 1. The van der Waals surface area contributed by atoms with E-state index >= 15 is 0 Å². The van der Waals surface area contributed by atoms with E-state index in [2.05, 4.69) is 29.3 Å². The van der Waals surface area contributed by atoms with Gasteiger partial charge >= 0.3 is 6.03 Å². The number of rotatable bonds is 5. The standard InChI is InChI=1S/C29H28Cl3N3O/c1-17-14-34(15-18-9-10-18)16-23(17)19-11-21(20-5-2-3-6-24(20)30)22-13-33-29(36)35(27(22)12-19)28-25(31)7-4-8-26(28)32/h2-8,11-12,17-18,23H,9-10,13-16H2,1H3,(H,33,36). The summed E-state index contributed by atoms with van der Waals surface area (Å²) < 4.78 is 0. The van der Waals surface area contributed by atoms with Crippen LogP contribution in [0.15, 0.2) is 54.6 Å². The molecule has 1 saturated heterocycles. The summed E-state index contributed by atoms with van der Waals surface area (Å²) in [4.78, 5) is 17.6. The molecule has 186 valence electrons. The predicted octanol–water partition coefficient (Wildman–Crippen LogP) is 8.12. The first-order chi connectivity index (χ1) is 17.4. The summed E-state index contributed by atoms with van der Waals surface area (Å²) in [6.45, 7) is 6.05. The minimum atomic E-state index is -0.241. The highest BCUT2D eigenvalue weighted by atomic mass is 35.5. The van der Waals surface area contributed by atoms with Crippen molar-refractivity contribution in [3.05, 3.63) is 80.8 Å². The van der Waals surface area contributed by atoms with E-state index < -0.39 is 0 Å². The van der Waals surface area contributed by atoms with E-state index in [-0.39, 0.29) is 6.03 Å². The Kier molecular flexibility index (Phi) is 6.41. The summed E-state index contributed by atoms with van der Waals surface area (Å²) in [5, 5.41) is 4.57. The Labute approximate surface area is 227 Å². The molecule has 6 rings (SSSR count). The number of urea groups is 1. The Bertz CT molecular complexity index is 1320. The third kappa shape index (κ3) is 4.39. The summed E-state index contributed by atoms with van der Waals surface area (Å²) in [5.41, 5.74) is 5.53. The van der Waals surface area contributed by atoms with Crippen LogP contribution in [0.3, 0.4) is 0 Å². The molecule has 2 fully saturated rings. The molecular formula is C29H28Cl3N3O. The average Bonchev–Trinajstić information content (AvgIpc) is 3.59. The van der Waals surface area contributed by atoms with Crippen molar-refractivity contribution in [3.63, 3.8) is 0 Å². The molecule has 1 N–H and O–H groups in total. The highest BCUT2D eigenvalue weighted by Gasteiger charge is 2.37. The van der Waals surface area contributed by atoms with Crippen molar-refractivity contribution in [2.75, 3.05) is 24.5 Å². The lowest BCUT2D eigenvalue weighted by molar-refractivity contribution is 0.247. The maximum Gasteiger partial charge on any atom is 0.326 e. The highest BCUT2D eigenvalue weighted by Crippen LogP contribution is 2.47. The van der Waals surface area contributed by atoms with E-state index in [0.717, 1.165) is 41.4 Å². The van der Waals surface area contributed by atoms with Crippen LogP contribution in [0.1, 0.15) is 36.8 Å². The van der Waals surface area contributed by atoms with Crippen LogP contribution in [0.2, 0.25) is 15.1 Å². The van der Waals surface area contributed by atoms with Gasteiger partial charge in [-0.15, -0.1) is 0 Å². The van der Waals surface area contributed by atoms with Crippen molar-refractivity contribution in [2.24, 2.45) is 11.8 Å². The second kappa shape index (κ2) is 9.57. The third-order valence-electron chi connectivity index (χ3n) is 7.76. The van der Waals surface area contributed by atoms with Gasteiger partial charge in [-0.3, -0.25) is 4.90 Å². The number of halogens is 3. The smallest absolute Gasteiger partial charge is 0.326 e. The predicted molar refractivity (Wildman–Crippen MR) is 149 cm³/mol. The number of hydrogen-bond acceptors (Lipinski definition) is 2. The molecule has 3 aliphatic rings. The average molecular weight is 541 g/mol. The van der Waals surface area contributed by atoms with Gasteiger partial charge in [0.2, 0.25) is 0 Å². The van der Waals surface area contributed by atoms with Gasteiger partial charge in [-0.2, -0.15) is 0 Å². The number of likely N-dealkylation sites (tertiary alicyclic amines) is 1. The summed E-state index contributed by atoms with van der Waals surface area (Å²) in [7, 11) is 0. The highest BCUT2D eigenvalue weighted by molar-refractivity contribution is 6.40. The zero-order chi connectivity index (χ0) is 25.0. The molecular weight excluding hydrogens is 513 g/mol. The first-order valence-corrected chi connectivity index (χ1v) is 13.7. The fraction of sp³-hybridized carbons (Fsp3) is 0.345. The SMILES string of the molecule is CC1CN(CC2CC2)CC1c1cc(-c2ccccc2Cl)c2c(c1)N(c1c(Cl)cccc1Cl)C(=O)NC2. The van der Waals surface area contributed by atoms with Gasteiger partial charge in [-0.05, 0) is 60.1 Å². The van der Waals surface area contributed by atoms with E-state index in [1.54, 1.807) is 23.1 Å². The van der Waals surface area contributed by atoms with Crippen molar-refractivity contribution in [1.29, 1.82) is 0 Å². The van der Waals surface area contributed by atoms with Gasteiger partial charge in [0.25, 0.3) is 0 Å². The minimum Gasteiger partial charge on any atom is -0.333 e. The molecule has 3 aromatic carbocycles. The molecule has 2 amide bonds. The summed E-state index contributed by atoms with van der Waals surface area (Å²) in [6, 6.07) is 17.4. The number of fused-ring (bicyclic) bond motifs is 1. The van der Waals surface area contributed by atoms with E-state index in [0.29, 0.717) is 39.1 Å². The normalized spacial score (nSPS) is 22.0. The summed E-state index contributed by atoms with van der Waals surface area (Å²) in [6.07, 6.45) is 2.71. The molecule has 2 aliphatic heterocycles. The Morgan fingerprint density at radius 1 is 0.917 bits per heavy atom. The Hall–Kier alpha value is -2.24. The van der Waals surface area contributed by atoms with Crippen LogP contribution in [0.4, 0.5) is 16.2 Å². The number of nitrogens with one attached hydrogen (secondary N) is 1. The molecule has 4 nitrogen and oxygen atoms in total. The topological polar surface area (TPSA) is 35.6 Å². The molecule has 0 radical (unpaired) electrons. The van der Waals surface area contributed by atoms with Crippen LogP contribution in [0.5, 0.6) is 0 Å². The van der Waals surface area contributed by atoms with Gasteiger partial charge in [0.15, 0.2) is 0 Å². The van der Waals surface area contributed by atoms with Gasteiger partial charge in [0, 0.05) is 48.2 Å². The minimum absolute atomic E-state index is 0.241. The zero-order valence-electron chi connectivity index (χ0n) is 20.1. The monoisotopic (exact) mass is 539 g/mol. The van der Waals surface area contributed by atoms with Gasteiger partial charge in [-0.25, -0.2) is 4.79 Å². The van der Waals surface area contributed by atoms with Crippen molar-refractivity contribution in [3.8, 4) is 11.1 Å². The molecule has 3 aromatic rings. The molecule has 36 heavy (non-hydrogen) atoms. The Morgan fingerprint density at radius 3 is 2.36 bits per heavy atom. The van der Waals surface area contributed by atoms with Gasteiger partial charge in [0.05, 0.1) is 21.4 Å². The van der Waals surface area contributed by atoms with Crippen molar-refractivity contribution in [2.45, 2.75) is 32.2 Å². The van der Waals surface area contributed by atoms with Crippen LogP contribution < -0.4 is 10.2 Å². The summed E-state index contributed by atoms with van der Waals surface area (Å²) >= 11 is 19.9. The van der Waals surface area contributed by atoms with Crippen molar-refractivity contribution in [1.82, 2.24) is 10.2 Å².